The molecule has 16 heteroatoms. The molecule has 1 aromatic carbocycles. The third kappa shape index (κ3) is 6.98. The predicted molar refractivity (Wildman–Crippen MR) is 152 cm³/mol. The highest BCUT2D eigenvalue weighted by Crippen LogP contribution is 2.36. The van der Waals surface area contributed by atoms with Crippen LogP contribution in [0, 0.1) is 0 Å². The summed E-state index contributed by atoms with van der Waals surface area (Å²) in [7, 11) is 0. The van der Waals surface area contributed by atoms with Crippen LogP contribution in [0.5, 0.6) is 0 Å². The third-order valence-corrected chi connectivity index (χ3v) is 8.29. The van der Waals surface area contributed by atoms with Gasteiger partial charge in [-0.1, -0.05) is 35.5 Å². The highest BCUT2D eigenvalue weighted by molar-refractivity contribution is 8.00. The number of pyridine rings is 1. The van der Waals surface area contributed by atoms with E-state index >= 15 is 0 Å². The highest BCUT2D eigenvalue weighted by Gasteiger charge is 2.50. The number of aromatic carboxylic acids is 1. The molecule has 2 aromatic heterocycles. The largest absolute Gasteiger partial charge is 0.545 e. The molecule has 1 fully saturated rings. The van der Waals surface area contributed by atoms with E-state index < -0.39 is 30.0 Å². The first-order valence-electron chi connectivity index (χ1n) is 12.9. The summed E-state index contributed by atoms with van der Waals surface area (Å²) in [6, 6.07) is 11.1. The van der Waals surface area contributed by atoms with Crippen LogP contribution in [0.2, 0.25) is 0 Å². The Morgan fingerprint density at radius 1 is 1.23 bits per heavy atom. The Morgan fingerprint density at radius 3 is 2.65 bits per heavy atom. The summed E-state index contributed by atoms with van der Waals surface area (Å²) in [6.07, 6.45) is 3.82. The zero-order valence-corrected chi connectivity index (χ0v) is 24.2. The van der Waals surface area contributed by atoms with Crippen LogP contribution >= 0.6 is 23.3 Å². The molecule has 43 heavy (non-hydrogen) atoms. The Morgan fingerprint density at radius 2 is 1.98 bits per heavy atom. The van der Waals surface area contributed by atoms with Crippen LogP contribution in [0.25, 0.3) is 0 Å². The van der Waals surface area contributed by atoms with Gasteiger partial charge in [-0.2, -0.15) is 9.36 Å². The minimum absolute atomic E-state index is 0.0392. The zero-order chi connectivity index (χ0) is 30.5. The SMILES string of the molecule is CC(ON=C(C(=O)NC1C(=O)N2C=C(C[n+]3ccc(C(=O)[O-])cc3)CS[C@@H]12)c1nsc(N)n1)C(=O)OCc1ccccc1. The van der Waals surface area contributed by atoms with Crippen molar-refractivity contribution >= 4 is 57.9 Å². The average molecular weight is 624 g/mol. The van der Waals surface area contributed by atoms with Gasteiger partial charge in [0.15, 0.2) is 24.1 Å². The molecule has 2 unspecified atom stereocenters. The molecule has 3 atom stereocenters. The van der Waals surface area contributed by atoms with Gasteiger partial charge in [0.25, 0.3) is 11.8 Å². The van der Waals surface area contributed by atoms with Crippen LogP contribution in [0.4, 0.5) is 5.13 Å². The molecule has 0 saturated carbocycles. The standard InChI is InChI=1S/C27H25N7O7S2/c1-15(26(39)40-13-16-5-3-2-4-6-16)41-31-19(21-30-27(28)43-32-21)22(35)29-20-23(36)34-12-17(14-42-24(20)34)11-33-9-7-18(8-10-33)25(37)38/h2-10,12,15,20,24H,11,13-14H2,1H3,(H3-,28,29,30,32,35,37,38)/t15?,20?,24-/m0/s1. The number of aromatic nitrogens is 3. The normalized spacial score (nSPS) is 18.5. The lowest BCUT2D eigenvalue weighted by Gasteiger charge is -2.47. The van der Waals surface area contributed by atoms with E-state index in [-0.39, 0.29) is 40.1 Å². The van der Waals surface area contributed by atoms with Gasteiger partial charge in [-0.15, -0.1) is 11.8 Å². The maximum absolute atomic E-state index is 13.3. The van der Waals surface area contributed by atoms with Crippen LogP contribution in [0.1, 0.15) is 28.7 Å². The first-order chi connectivity index (χ1) is 20.7. The lowest BCUT2D eigenvalue weighted by Crippen LogP contribution is -2.69. The summed E-state index contributed by atoms with van der Waals surface area (Å²) in [5.41, 5.74) is 7.13. The molecule has 2 amide bonds. The molecule has 5 rings (SSSR count). The number of nitrogens with two attached hydrogens (primary N) is 1. The fourth-order valence-electron chi connectivity index (χ4n) is 4.12. The Kier molecular flexibility index (Phi) is 8.96. The lowest BCUT2D eigenvalue weighted by molar-refractivity contribution is -0.689. The van der Waals surface area contributed by atoms with Crippen molar-refractivity contribution in [2.45, 2.75) is 37.6 Å². The van der Waals surface area contributed by atoms with Crippen molar-refractivity contribution in [2.24, 2.45) is 5.16 Å². The van der Waals surface area contributed by atoms with Crippen LogP contribution in [-0.2, 0) is 37.1 Å². The number of carbonyl (C=O) groups is 4. The number of carboxylic acid groups (broad SMARTS) is 1. The van der Waals surface area contributed by atoms with Crippen LogP contribution < -0.4 is 20.7 Å². The van der Waals surface area contributed by atoms with Crippen molar-refractivity contribution in [1.82, 2.24) is 19.6 Å². The van der Waals surface area contributed by atoms with Crippen molar-refractivity contribution in [1.29, 1.82) is 0 Å². The van der Waals surface area contributed by atoms with Crippen molar-refractivity contribution in [2.75, 3.05) is 11.5 Å². The summed E-state index contributed by atoms with van der Waals surface area (Å²) in [6.45, 7) is 1.91. The number of ether oxygens (including phenoxy) is 1. The monoisotopic (exact) mass is 623 g/mol. The number of nitrogens with one attached hydrogen (secondary N) is 1. The van der Waals surface area contributed by atoms with Crippen LogP contribution in [-0.4, -0.2) is 67.0 Å². The molecule has 3 N–H and O–H groups in total. The lowest BCUT2D eigenvalue weighted by atomic mass is 10.1. The molecule has 4 heterocycles. The fraction of sp³-hybridized carbons (Fsp3) is 0.259. The molecular weight excluding hydrogens is 598 g/mol. The zero-order valence-electron chi connectivity index (χ0n) is 22.6. The van der Waals surface area contributed by atoms with E-state index in [0.29, 0.717) is 12.3 Å². The van der Waals surface area contributed by atoms with Gasteiger partial charge in [-0.25, -0.2) is 9.36 Å². The van der Waals surface area contributed by atoms with E-state index in [2.05, 4.69) is 19.8 Å². The maximum atomic E-state index is 13.3. The number of β-lactam (4-membered cyclic amide) rings is 1. The molecule has 2 aliphatic heterocycles. The first kappa shape index (κ1) is 29.7. The van der Waals surface area contributed by atoms with Gasteiger partial charge in [-0.3, -0.25) is 9.59 Å². The smallest absolute Gasteiger partial charge is 0.350 e. The van der Waals surface area contributed by atoms with Gasteiger partial charge in [0.2, 0.25) is 17.6 Å². The molecular formula is C27H25N7O7S2. The molecule has 0 aliphatic carbocycles. The van der Waals surface area contributed by atoms with E-state index in [0.717, 1.165) is 22.7 Å². The molecule has 0 radical (unpaired) electrons. The third-order valence-electron chi connectivity index (χ3n) is 6.37. The van der Waals surface area contributed by atoms with E-state index in [1.54, 1.807) is 35.3 Å². The van der Waals surface area contributed by atoms with Gasteiger partial charge in [0.05, 0.1) is 5.97 Å². The molecule has 2 aliphatic rings. The Hall–Kier alpha value is -4.83. The van der Waals surface area contributed by atoms with Gasteiger partial charge >= 0.3 is 5.97 Å². The number of carbonyl (C=O) groups excluding carboxylic acids is 4. The average Bonchev–Trinajstić information content (AvgIpc) is 3.44. The number of fused-ring (bicyclic) bond motifs is 1. The molecule has 0 spiro atoms. The second-order valence-corrected chi connectivity index (χ2v) is 11.4. The molecule has 0 bridgehead atoms. The number of hydrogen-bond acceptors (Lipinski definition) is 13. The quantitative estimate of drug-likeness (QED) is 0.0929. The number of thioether (sulfide) groups is 1. The Bertz CT molecular complexity index is 1590. The number of rotatable bonds is 11. The number of oxime groups is 1. The Balaban J connectivity index is 1.21. The number of esters is 1. The van der Waals surface area contributed by atoms with E-state index in [4.69, 9.17) is 15.3 Å². The van der Waals surface area contributed by atoms with Gasteiger partial charge in [0, 0.05) is 46.8 Å². The summed E-state index contributed by atoms with van der Waals surface area (Å²) < 4.78 is 11.1. The van der Waals surface area contributed by atoms with Crippen molar-refractivity contribution in [3.05, 3.63) is 83.6 Å². The number of anilines is 1. The predicted octanol–water partition coefficient (Wildman–Crippen LogP) is -0.392. The van der Waals surface area contributed by atoms with Gasteiger partial charge in [0.1, 0.15) is 18.0 Å². The minimum Gasteiger partial charge on any atom is -0.545 e. The minimum atomic E-state index is -1.26. The maximum Gasteiger partial charge on any atom is 0.350 e. The van der Waals surface area contributed by atoms with Crippen molar-refractivity contribution < 1.29 is 38.4 Å². The van der Waals surface area contributed by atoms with Crippen LogP contribution in [0.3, 0.4) is 0 Å². The van der Waals surface area contributed by atoms with E-state index in [1.165, 1.54) is 35.7 Å². The number of nitrogens with zero attached hydrogens (tertiary/aromatic N) is 5. The Labute approximate surface area is 253 Å². The number of carboxylic acids is 1. The van der Waals surface area contributed by atoms with Gasteiger partial charge in [-0.05, 0) is 12.5 Å². The molecule has 222 valence electrons. The second kappa shape index (κ2) is 13.0. The highest BCUT2D eigenvalue weighted by atomic mass is 32.2. The summed E-state index contributed by atoms with van der Waals surface area (Å²) in [5.74, 6) is -2.60. The topological polar surface area (TPSA) is 193 Å². The van der Waals surface area contributed by atoms with E-state index in [9.17, 15) is 24.3 Å². The summed E-state index contributed by atoms with van der Waals surface area (Å²) in [4.78, 5) is 60.4. The second-order valence-electron chi connectivity index (χ2n) is 9.47. The van der Waals surface area contributed by atoms with E-state index in [1.807, 2.05) is 18.2 Å². The number of hydrogen-bond donors (Lipinski definition) is 2. The molecule has 14 nitrogen and oxygen atoms in total. The summed E-state index contributed by atoms with van der Waals surface area (Å²) in [5, 5.41) is 17.2. The number of amides is 2. The molecule has 3 aromatic rings. The molecule has 1 saturated heterocycles. The van der Waals surface area contributed by atoms with Crippen molar-refractivity contribution in [3.63, 3.8) is 0 Å². The van der Waals surface area contributed by atoms with Gasteiger partial charge < -0.3 is 35.4 Å². The number of nitrogen functional groups attached to an aromatic ring is 1. The van der Waals surface area contributed by atoms with Crippen molar-refractivity contribution in [3.8, 4) is 0 Å². The fourth-order valence-corrected chi connectivity index (χ4v) is 5.81. The number of benzene rings is 1. The summed E-state index contributed by atoms with van der Waals surface area (Å²) >= 11 is 2.31. The van der Waals surface area contributed by atoms with Crippen LogP contribution in [0.15, 0.2) is 71.8 Å². The first-order valence-corrected chi connectivity index (χ1v) is 14.7.